The molecule has 11 nitrogen and oxygen atoms in total. The van der Waals surface area contributed by atoms with Crippen LogP contribution in [0.1, 0.15) is 94.0 Å². The normalized spacial score (nSPS) is 20.7. The van der Waals surface area contributed by atoms with Crippen molar-refractivity contribution >= 4 is 46.4 Å². The molecule has 0 saturated carbocycles. The molecule has 1 atom stereocenters. The number of hydrogen-bond donors (Lipinski definition) is 2. The topological polar surface area (TPSA) is 131 Å². The number of amides is 5. The van der Waals surface area contributed by atoms with Crippen molar-refractivity contribution in [3.63, 3.8) is 0 Å². The molecule has 1 unspecified atom stereocenters. The van der Waals surface area contributed by atoms with Gasteiger partial charge in [0, 0.05) is 38.3 Å². The number of phenolic OH excluding ortho intramolecular Hbond substituents is 1. The van der Waals surface area contributed by atoms with Crippen LogP contribution in [-0.4, -0.2) is 88.1 Å². The molecule has 296 valence electrons. The number of anilines is 1. The van der Waals surface area contributed by atoms with E-state index in [1.807, 2.05) is 18.2 Å². The number of likely N-dealkylation sites (tertiary alicyclic amines) is 1. The first-order valence-corrected chi connectivity index (χ1v) is 20.4. The van der Waals surface area contributed by atoms with Crippen molar-refractivity contribution in [3.8, 4) is 5.75 Å². The number of fused-ring (bicyclic) bond motifs is 2. The second-order valence-electron chi connectivity index (χ2n) is 16.5. The molecule has 3 fully saturated rings. The molecule has 5 aliphatic heterocycles. The average Bonchev–Trinajstić information content (AvgIpc) is 3.92. The smallest absolute Gasteiger partial charge is 0.262 e. The van der Waals surface area contributed by atoms with Crippen molar-refractivity contribution < 1.29 is 29.1 Å². The number of piperidine rings is 2. The first-order valence-electron chi connectivity index (χ1n) is 20.4. The third-order valence-electron chi connectivity index (χ3n) is 13.0. The van der Waals surface area contributed by atoms with E-state index in [0.717, 1.165) is 79.0 Å². The Hall–Kier alpha value is -6.07. The monoisotopic (exact) mass is 777 g/mol. The van der Waals surface area contributed by atoms with Crippen LogP contribution in [0.2, 0.25) is 0 Å². The number of nitrogens with zero attached hydrogens (tertiary/aromatic N) is 4. The van der Waals surface area contributed by atoms with Gasteiger partial charge < -0.3 is 14.9 Å². The second kappa shape index (κ2) is 15.0. The maximum absolute atomic E-state index is 13.6. The number of nitrogens with one attached hydrogen (secondary N) is 1. The SMILES string of the molecule is CC/C(=C(\c1ccc(O)cc1)c1ccc(N2CCC3(CCN(CC(=O)N4Cc5cc6c(cc5C4)C(=O)N(C4CCC(=O)NC4=O)C6=O)CC3)C2)cc1)c1ccccc1. The van der Waals surface area contributed by atoms with Crippen molar-refractivity contribution in [2.45, 2.75) is 64.6 Å². The molecule has 3 saturated heterocycles. The highest BCUT2D eigenvalue weighted by atomic mass is 16.3. The summed E-state index contributed by atoms with van der Waals surface area (Å²) in [4.78, 5) is 71.9. The summed E-state index contributed by atoms with van der Waals surface area (Å²) in [6.45, 7) is 6.94. The van der Waals surface area contributed by atoms with E-state index in [1.165, 1.54) is 22.4 Å². The van der Waals surface area contributed by atoms with Crippen LogP contribution < -0.4 is 10.2 Å². The van der Waals surface area contributed by atoms with E-state index < -0.39 is 29.7 Å². The zero-order chi connectivity index (χ0) is 40.1. The quantitative estimate of drug-likeness (QED) is 0.165. The van der Waals surface area contributed by atoms with Gasteiger partial charge in [0.25, 0.3) is 11.8 Å². The minimum atomic E-state index is -1.01. The Labute approximate surface area is 337 Å². The number of hydrogen-bond acceptors (Lipinski definition) is 8. The summed E-state index contributed by atoms with van der Waals surface area (Å²) in [5.74, 6) is -1.83. The molecule has 11 heteroatoms. The van der Waals surface area contributed by atoms with Gasteiger partial charge in [-0.1, -0.05) is 61.5 Å². The van der Waals surface area contributed by atoms with E-state index in [4.69, 9.17) is 0 Å². The van der Waals surface area contributed by atoms with Gasteiger partial charge in [0.05, 0.1) is 17.7 Å². The Morgan fingerprint density at radius 2 is 1.38 bits per heavy atom. The fourth-order valence-electron chi connectivity index (χ4n) is 9.73. The standard InChI is InChI=1S/C47H47N5O6/c1-2-37(30-6-4-3-5-7-30)43(32-10-14-36(53)15-11-32)31-8-12-35(13-9-31)50-23-20-47(29-50)18-21-49(22-19-47)28-42(55)51-26-33-24-38-39(25-34(33)27-51)46(58)52(45(38)57)40-16-17-41(54)48-44(40)56/h3-15,24-25,40,53H,2,16-23,26-29H2,1H3,(H,48,54,56)/b43-37+. The zero-order valence-corrected chi connectivity index (χ0v) is 32.7. The van der Waals surface area contributed by atoms with Gasteiger partial charge in [-0.05, 0) is 126 Å². The average molecular weight is 778 g/mol. The van der Waals surface area contributed by atoms with E-state index in [9.17, 15) is 29.1 Å². The van der Waals surface area contributed by atoms with Gasteiger partial charge in [-0.15, -0.1) is 0 Å². The molecular formula is C47H47N5O6. The molecular weight excluding hydrogens is 731 g/mol. The van der Waals surface area contributed by atoms with Gasteiger partial charge in [-0.2, -0.15) is 0 Å². The van der Waals surface area contributed by atoms with Crippen molar-refractivity contribution in [2.24, 2.45) is 5.41 Å². The summed E-state index contributed by atoms with van der Waals surface area (Å²) in [5.41, 5.74) is 9.43. The van der Waals surface area contributed by atoms with E-state index in [2.05, 4.69) is 70.6 Å². The van der Waals surface area contributed by atoms with Gasteiger partial charge in [0.15, 0.2) is 0 Å². The molecule has 58 heavy (non-hydrogen) atoms. The van der Waals surface area contributed by atoms with Gasteiger partial charge in [-0.25, -0.2) is 0 Å². The van der Waals surface area contributed by atoms with Crippen LogP contribution >= 0.6 is 0 Å². The number of carbonyl (C=O) groups excluding carboxylic acids is 5. The van der Waals surface area contributed by atoms with Crippen LogP contribution in [0.4, 0.5) is 5.69 Å². The third kappa shape index (κ3) is 6.87. The van der Waals surface area contributed by atoms with Crippen molar-refractivity contribution in [1.82, 2.24) is 20.0 Å². The first kappa shape index (κ1) is 37.5. The van der Waals surface area contributed by atoms with Gasteiger partial charge in [-0.3, -0.25) is 39.1 Å². The van der Waals surface area contributed by atoms with Gasteiger partial charge >= 0.3 is 0 Å². The molecule has 5 heterocycles. The molecule has 0 aliphatic carbocycles. The molecule has 4 aromatic rings. The lowest BCUT2D eigenvalue weighted by Crippen LogP contribution is -2.54. The van der Waals surface area contributed by atoms with Crippen molar-refractivity contribution in [2.75, 3.05) is 37.6 Å². The number of carbonyl (C=O) groups is 5. The number of rotatable bonds is 8. The summed E-state index contributed by atoms with van der Waals surface area (Å²) in [6, 6.07) is 29.3. The third-order valence-corrected chi connectivity index (χ3v) is 13.0. The molecule has 9 rings (SSSR count). The number of aromatic hydroxyl groups is 1. The van der Waals surface area contributed by atoms with Crippen LogP contribution in [-0.2, 0) is 27.5 Å². The van der Waals surface area contributed by atoms with Crippen LogP contribution in [0.5, 0.6) is 5.75 Å². The molecule has 0 aromatic heterocycles. The highest BCUT2D eigenvalue weighted by molar-refractivity contribution is 6.23. The van der Waals surface area contributed by atoms with E-state index in [0.29, 0.717) is 19.6 Å². The van der Waals surface area contributed by atoms with Crippen molar-refractivity contribution in [1.29, 1.82) is 0 Å². The lowest BCUT2D eigenvalue weighted by molar-refractivity contribution is -0.136. The highest BCUT2D eigenvalue weighted by Gasteiger charge is 2.46. The van der Waals surface area contributed by atoms with E-state index in [-0.39, 0.29) is 41.0 Å². The van der Waals surface area contributed by atoms with Crippen LogP contribution in [0.25, 0.3) is 11.1 Å². The Balaban J connectivity index is 0.812. The van der Waals surface area contributed by atoms with Crippen molar-refractivity contribution in [3.05, 3.63) is 130 Å². The summed E-state index contributed by atoms with van der Waals surface area (Å²) in [7, 11) is 0. The van der Waals surface area contributed by atoms with Crippen LogP contribution in [0.3, 0.4) is 0 Å². The summed E-state index contributed by atoms with van der Waals surface area (Å²) in [5, 5.41) is 12.3. The predicted octanol–water partition coefficient (Wildman–Crippen LogP) is 6.00. The lowest BCUT2D eigenvalue weighted by Gasteiger charge is -2.39. The fourth-order valence-corrected chi connectivity index (χ4v) is 9.73. The summed E-state index contributed by atoms with van der Waals surface area (Å²) < 4.78 is 0. The summed E-state index contributed by atoms with van der Waals surface area (Å²) >= 11 is 0. The Morgan fingerprint density at radius 1 is 0.776 bits per heavy atom. The largest absolute Gasteiger partial charge is 0.508 e. The minimum Gasteiger partial charge on any atom is -0.508 e. The minimum absolute atomic E-state index is 0.0301. The number of imide groups is 2. The highest BCUT2D eigenvalue weighted by Crippen LogP contribution is 2.43. The molecule has 5 aliphatic rings. The predicted molar refractivity (Wildman–Crippen MR) is 220 cm³/mol. The lowest BCUT2D eigenvalue weighted by atomic mass is 9.78. The van der Waals surface area contributed by atoms with Gasteiger partial charge in [0.1, 0.15) is 11.8 Å². The number of allylic oxidation sites excluding steroid dienone is 1. The Morgan fingerprint density at radius 3 is 1.98 bits per heavy atom. The molecule has 0 radical (unpaired) electrons. The molecule has 5 amide bonds. The molecule has 2 N–H and O–H groups in total. The zero-order valence-electron chi connectivity index (χ0n) is 32.7. The van der Waals surface area contributed by atoms with E-state index >= 15 is 0 Å². The Bertz CT molecular complexity index is 2300. The second-order valence-corrected chi connectivity index (χ2v) is 16.5. The first-order chi connectivity index (χ1) is 28.1. The van der Waals surface area contributed by atoms with E-state index in [1.54, 1.807) is 29.2 Å². The fraction of sp³-hybridized carbons (Fsp3) is 0.340. The Kier molecular flexibility index (Phi) is 9.71. The maximum atomic E-state index is 13.6. The van der Waals surface area contributed by atoms with Crippen LogP contribution in [0.15, 0.2) is 91.0 Å². The van der Waals surface area contributed by atoms with Crippen LogP contribution in [0, 0.1) is 5.41 Å². The van der Waals surface area contributed by atoms with Gasteiger partial charge in [0.2, 0.25) is 17.7 Å². The molecule has 4 aromatic carbocycles. The molecule has 0 bridgehead atoms. The number of phenols is 1. The summed E-state index contributed by atoms with van der Waals surface area (Å²) in [6.07, 6.45) is 4.22. The number of benzene rings is 4. The maximum Gasteiger partial charge on any atom is 0.262 e. The molecule has 1 spiro atoms.